The molecular weight excluding hydrogens is 558 g/mol. The minimum absolute atomic E-state index is 0.131. The number of halogens is 2. The number of anilines is 3. The quantitative estimate of drug-likeness (QED) is 0.398. The maximum atomic E-state index is 13.7. The number of aliphatic hydroxyl groups excluding tert-OH is 1. The van der Waals surface area contributed by atoms with Crippen molar-refractivity contribution in [3.63, 3.8) is 0 Å². The second-order valence-electron chi connectivity index (χ2n) is 11.2. The van der Waals surface area contributed by atoms with Crippen LogP contribution in [0.5, 0.6) is 0 Å². The second-order valence-corrected chi connectivity index (χ2v) is 13.0. The van der Waals surface area contributed by atoms with Gasteiger partial charge in [-0.3, -0.25) is 4.72 Å². The van der Waals surface area contributed by atoms with E-state index < -0.39 is 28.3 Å². The van der Waals surface area contributed by atoms with Gasteiger partial charge in [-0.05, 0) is 44.1 Å². The van der Waals surface area contributed by atoms with Crippen LogP contribution in [0.15, 0.2) is 22.7 Å². The van der Waals surface area contributed by atoms with Crippen molar-refractivity contribution >= 4 is 27.5 Å². The number of hydrogen-bond donors (Lipinski definition) is 2. The largest absolute Gasteiger partial charge is 0.414 e. The van der Waals surface area contributed by atoms with Crippen molar-refractivity contribution in [1.29, 1.82) is 0 Å². The maximum Gasteiger partial charge on any atom is 0.266 e. The summed E-state index contributed by atoms with van der Waals surface area (Å²) in [4.78, 5) is 17.2. The summed E-state index contributed by atoms with van der Waals surface area (Å²) in [6.45, 7) is 3.16. The Bertz CT molecular complexity index is 1530. The smallest absolute Gasteiger partial charge is 0.266 e. The van der Waals surface area contributed by atoms with E-state index in [0.717, 1.165) is 25.9 Å². The van der Waals surface area contributed by atoms with Crippen LogP contribution in [0.3, 0.4) is 0 Å². The minimum Gasteiger partial charge on any atom is -0.414 e. The number of sulfonamides is 1. The molecular formula is C26H32F2N8O4S. The summed E-state index contributed by atoms with van der Waals surface area (Å²) in [5.41, 5.74) is 2.69. The Kier molecular flexibility index (Phi) is 7.04. The number of aryl methyl sites for hydroxylation is 1. The van der Waals surface area contributed by atoms with Crippen LogP contribution in [0.1, 0.15) is 44.2 Å². The molecule has 12 nitrogen and oxygen atoms in total. The summed E-state index contributed by atoms with van der Waals surface area (Å²) >= 11 is 0. The summed E-state index contributed by atoms with van der Waals surface area (Å²) in [5.74, 6) is -2.33. The zero-order valence-corrected chi connectivity index (χ0v) is 23.5. The molecule has 2 saturated heterocycles. The van der Waals surface area contributed by atoms with E-state index in [2.05, 4.69) is 34.8 Å². The van der Waals surface area contributed by atoms with Crippen molar-refractivity contribution in [2.24, 2.45) is 5.41 Å². The third kappa shape index (κ3) is 6.10. The Morgan fingerprint density at radius 3 is 2.34 bits per heavy atom. The lowest BCUT2D eigenvalue weighted by molar-refractivity contribution is -0.0222. The van der Waals surface area contributed by atoms with Crippen LogP contribution in [-0.4, -0.2) is 83.1 Å². The molecule has 2 N–H and O–H groups in total. The summed E-state index contributed by atoms with van der Waals surface area (Å²) in [6.07, 6.45) is 5.54. The molecule has 0 aromatic carbocycles. The molecule has 1 saturated carbocycles. The van der Waals surface area contributed by atoms with E-state index in [1.165, 1.54) is 19.0 Å². The zero-order chi connectivity index (χ0) is 28.8. The van der Waals surface area contributed by atoms with Gasteiger partial charge in [-0.2, -0.15) is 0 Å². The second kappa shape index (κ2) is 10.4. The fourth-order valence-electron chi connectivity index (χ4n) is 5.43. The van der Waals surface area contributed by atoms with Crippen LogP contribution in [-0.2, 0) is 10.0 Å². The first-order valence-electron chi connectivity index (χ1n) is 13.7. The molecule has 0 radical (unpaired) electrons. The molecule has 0 atom stereocenters. The van der Waals surface area contributed by atoms with Gasteiger partial charge in [-0.15, -0.1) is 10.2 Å². The van der Waals surface area contributed by atoms with Gasteiger partial charge in [0.2, 0.25) is 16.0 Å². The van der Waals surface area contributed by atoms with Crippen molar-refractivity contribution in [3.8, 4) is 23.0 Å². The monoisotopic (exact) mass is 590 g/mol. The molecule has 1 spiro atoms. The molecule has 1 aliphatic carbocycles. The average Bonchev–Trinajstić information content (AvgIpc) is 3.48. The molecule has 41 heavy (non-hydrogen) atoms. The first-order chi connectivity index (χ1) is 19.5. The maximum absolute atomic E-state index is 13.7. The van der Waals surface area contributed by atoms with Crippen molar-refractivity contribution in [1.82, 2.24) is 25.1 Å². The summed E-state index contributed by atoms with van der Waals surface area (Å²) in [6, 6.07) is 3.34. The van der Waals surface area contributed by atoms with Crippen LogP contribution in [0, 0.1) is 12.3 Å². The fourth-order valence-corrected chi connectivity index (χ4v) is 6.20. The number of hydrogen-bond acceptors (Lipinski definition) is 11. The predicted molar refractivity (Wildman–Crippen MR) is 147 cm³/mol. The third-order valence-corrected chi connectivity index (χ3v) is 9.36. The molecule has 5 heterocycles. The van der Waals surface area contributed by atoms with Gasteiger partial charge in [0.25, 0.3) is 17.7 Å². The number of nitrogens with zero attached hydrogens (tertiary/aromatic N) is 7. The van der Waals surface area contributed by atoms with Crippen LogP contribution in [0.2, 0.25) is 0 Å². The molecule has 3 aromatic heterocycles. The predicted octanol–water partition coefficient (Wildman–Crippen LogP) is 3.25. The van der Waals surface area contributed by atoms with Crippen LogP contribution >= 0.6 is 0 Å². The zero-order valence-electron chi connectivity index (χ0n) is 22.7. The number of alkyl halides is 2. The number of aliphatic hydroxyl groups is 1. The Morgan fingerprint density at radius 1 is 0.976 bits per heavy atom. The SMILES string of the molecule is Cc1cc(-c2nnc(-c3cnc(NS(=O)(=O)CCO)cc3N3CCC4(CC3)CC4)o2)nc(N2CCC(F)(F)CC2)n1. The van der Waals surface area contributed by atoms with E-state index in [0.29, 0.717) is 34.0 Å². The van der Waals surface area contributed by atoms with E-state index in [9.17, 15) is 17.2 Å². The van der Waals surface area contributed by atoms with Gasteiger partial charge in [-0.1, -0.05) is 0 Å². The molecule has 0 bridgehead atoms. The van der Waals surface area contributed by atoms with E-state index >= 15 is 0 Å². The first kappa shape index (κ1) is 27.7. The highest BCUT2D eigenvalue weighted by atomic mass is 32.2. The van der Waals surface area contributed by atoms with Gasteiger partial charge < -0.3 is 19.3 Å². The lowest BCUT2D eigenvalue weighted by Gasteiger charge is -2.34. The van der Waals surface area contributed by atoms with Crippen LogP contribution in [0.4, 0.5) is 26.2 Å². The molecule has 6 rings (SSSR count). The van der Waals surface area contributed by atoms with Crippen molar-refractivity contribution in [3.05, 3.63) is 24.0 Å². The van der Waals surface area contributed by atoms with Crippen molar-refractivity contribution in [2.75, 3.05) is 53.1 Å². The first-order valence-corrected chi connectivity index (χ1v) is 15.4. The van der Waals surface area contributed by atoms with E-state index in [1.807, 2.05) is 0 Å². The van der Waals surface area contributed by atoms with E-state index in [4.69, 9.17) is 9.52 Å². The van der Waals surface area contributed by atoms with Crippen LogP contribution < -0.4 is 14.5 Å². The average molecular weight is 591 g/mol. The van der Waals surface area contributed by atoms with Gasteiger partial charge in [0.05, 0.1) is 23.6 Å². The molecule has 0 amide bonds. The lowest BCUT2D eigenvalue weighted by Crippen LogP contribution is -2.40. The van der Waals surface area contributed by atoms with E-state index in [-0.39, 0.29) is 43.5 Å². The molecule has 2 aliphatic heterocycles. The minimum atomic E-state index is -3.77. The highest BCUT2D eigenvalue weighted by molar-refractivity contribution is 7.92. The van der Waals surface area contributed by atoms with Gasteiger partial charge in [0.1, 0.15) is 11.5 Å². The number of nitrogens with one attached hydrogen (secondary N) is 1. The summed E-state index contributed by atoms with van der Waals surface area (Å²) in [5, 5.41) is 17.6. The third-order valence-electron chi connectivity index (χ3n) is 8.12. The molecule has 3 aliphatic rings. The van der Waals surface area contributed by atoms with Gasteiger partial charge in [0.15, 0.2) is 0 Å². The Hall–Kier alpha value is -3.46. The Morgan fingerprint density at radius 2 is 1.66 bits per heavy atom. The van der Waals surface area contributed by atoms with Gasteiger partial charge in [0, 0.05) is 57.0 Å². The normalized spacial score (nSPS) is 19.9. The highest BCUT2D eigenvalue weighted by Gasteiger charge is 2.44. The number of pyridine rings is 1. The van der Waals surface area contributed by atoms with Gasteiger partial charge in [-0.25, -0.2) is 32.2 Å². The molecule has 220 valence electrons. The van der Waals surface area contributed by atoms with E-state index in [1.54, 1.807) is 24.0 Å². The van der Waals surface area contributed by atoms with Crippen LogP contribution in [0.25, 0.3) is 23.0 Å². The fraction of sp³-hybridized carbons (Fsp3) is 0.577. The van der Waals surface area contributed by atoms with Crippen molar-refractivity contribution < 1.29 is 26.7 Å². The number of rotatable bonds is 8. The molecule has 3 aromatic rings. The Labute approximate surface area is 236 Å². The van der Waals surface area contributed by atoms with Crippen molar-refractivity contribution in [2.45, 2.75) is 51.4 Å². The van der Waals surface area contributed by atoms with Gasteiger partial charge >= 0.3 is 0 Å². The number of aromatic nitrogens is 5. The topological polar surface area (TPSA) is 150 Å². The summed E-state index contributed by atoms with van der Waals surface area (Å²) < 4.78 is 60.4. The number of piperidine rings is 2. The lowest BCUT2D eigenvalue weighted by atomic mass is 9.93. The Balaban J connectivity index is 1.30. The summed E-state index contributed by atoms with van der Waals surface area (Å²) in [7, 11) is -3.77. The molecule has 0 unspecified atom stereocenters. The highest BCUT2D eigenvalue weighted by Crippen LogP contribution is 2.54. The molecule has 15 heteroatoms. The molecule has 3 fully saturated rings. The standard InChI is InChI=1S/C26H32F2N8O4S/c1-17-14-19(31-24(30-17)36-10-6-26(27,28)7-11-36)23-33-32-22(40-23)18-16-29-21(34-41(38,39)13-12-37)15-20(18)35-8-4-25(2-3-25)5-9-35/h14-16,37H,2-13H2,1H3,(H,29,34).